The number of carbonyl (C=O) groups is 2. The van der Waals surface area contributed by atoms with Gasteiger partial charge in [0.25, 0.3) is 0 Å². The Kier molecular flexibility index (Phi) is 10.5. The lowest BCUT2D eigenvalue weighted by Gasteiger charge is -2.32. The summed E-state index contributed by atoms with van der Waals surface area (Å²) in [6, 6.07) is 13.0. The van der Waals surface area contributed by atoms with Crippen LogP contribution in [0.5, 0.6) is 0 Å². The second kappa shape index (κ2) is 12.9. The summed E-state index contributed by atoms with van der Waals surface area (Å²) in [5, 5.41) is 4.00. The van der Waals surface area contributed by atoms with E-state index in [4.69, 9.17) is 23.2 Å². The number of nitrogens with one attached hydrogen (secondary N) is 1. The van der Waals surface area contributed by atoms with Crippen molar-refractivity contribution in [1.29, 1.82) is 0 Å². The van der Waals surface area contributed by atoms with E-state index < -0.39 is 6.04 Å². The fourth-order valence-corrected chi connectivity index (χ4v) is 4.07. The summed E-state index contributed by atoms with van der Waals surface area (Å²) in [6.07, 6.45) is 3.22. The van der Waals surface area contributed by atoms with Gasteiger partial charge in [-0.25, -0.2) is 0 Å². The third kappa shape index (κ3) is 7.25. The van der Waals surface area contributed by atoms with E-state index >= 15 is 0 Å². The Balaban J connectivity index is 2.26. The van der Waals surface area contributed by atoms with Crippen LogP contribution in [0.2, 0.25) is 10.0 Å². The first-order valence-electron chi connectivity index (χ1n) is 11.4. The van der Waals surface area contributed by atoms with Crippen LogP contribution in [0.4, 0.5) is 0 Å². The van der Waals surface area contributed by atoms with Crippen LogP contribution in [0.15, 0.2) is 42.5 Å². The van der Waals surface area contributed by atoms with E-state index in [0.29, 0.717) is 34.9 Å². The SMILES string of the molecule is CCc1ccc(CCC(=O)N(Cc2c(Cl)cccc2Cl)[C@H](CC)C(=O)N[C@@H](C)CC)cc1. The molecule has 0 saturated heterocycles. The van der Waals surface area contributed by atoms with Gasteiger partial charge in [-0.1, -0.05) is 74.3 Å². The average Bonchev–Trinajstić information content (AvgIpc) is 2.79. The normalized spacial score (nSPS) is 12.8. The van der Waals surface area contributed by atoms with Crippen LogP contribution in [0, 0.1) is 0 Å². The summed E-state index contributed by atoms with van der Waals surface area (Å²) in [6.45, 7) is 8.20. The Morgan fingerprint density at radius 2 is 1.53 bits per heavy atom. The van der Waals surface area contributed by atoms with Crippen LogP contribution in [-0.4, -0.2) is 28.8 Å². The van der Waals surface area contributed by atoms with Crippen molar-refractivity contribution in [2.75, 3.05) is 0 Å². The van der Waals surface area contributed by atoms with Gasteiger partial charge in [0.2, 0.25) is 11.8 Å². The topological polar surface area (TPSA) is 49.4 Å². The number of benzene rings is 2. The van der Waals surface area contributed by atoms with Crippen molar-refractivity contribution < 1.29 is 9.59 Å². The van der Waals surface area contributed by atoms with Gasteiger partial charge in [-0.3, -0.25) is 9.59 Å². The van der Waals surface area contributed by atoms with Crippen molar-refractivity contribution >= 4 is 35.0 Å². The molecule has 0 aliphatic heterocycles. The highest BCUT2D eigenvalue weighted by Crippen LogP contribution is 2.27. The van der Waals surface area contributed by atoms with Crippen LogP contribution in [0.25, 0.3) is 0 Å². The van der Waals surface area contributed by atoms with Gasteiger partial charge in [0.15, 0.2) is 0 Å². The van der Waals surface area contributed by atoms with E-state index in [2.05, 4.69) is 36.5 Å². The van der Waals surface area contributed by atoms with Gasteiger partial charge in [0.1, 0.15) is 6.04 Å². The van der Waals surface area contributed by atoms with E-state index in [0.717, 1.165) is 18.4 Å². The lowest BCUT2D eigenvalue weighted by molar-refractivity contribution is -0.141. The maximum Gasteiger partial charge on any atom is 0.243 e. The summed E-state index contributed by atoms with van der Waals surface area (Å²) in [4.78, 5) is 28.0. The maximum absolute atomic E-state index is 13.4. The number of rotatable bonds is 11. The molecule has 32 heavy (non-hydrogen) atoms. The predicted molar refractivity (Wildman–Crippen MR) is 133 cm³/mol. The molecule has 4 nitrogen and oxygen atoms in total. The molecule has 0 bridgehead atoms. The molecule has 174 valence electrons. The largest absolute Gasteiger partial charge is 0.352 e. The summed E-state index contributed by atoms with van der Waals surface area (Å²) in [5.41, 5.74) is 3.03. The predicted octanol–water partition coefficient (Wildman–Crippen LogP) is 6.21. The molecule has 6 heteroatoms. The molecule has 0 radical (unpaired) electrons. The Hall–Kier alpha value is -2.04. The van der Waals surface area contributed by atoms with E-state index in [1.165, 1.54) is 5.56 Å². The van der Waals surface area contributed by atoms with Crippen LogP contribution < -0.4 is 5.32 Å². The van der Waals surface area contributed by atoms with E-state index in [-0.39, 0.29) is 24.4 Å². The zero-order valence-electron chi connectivity index (χ0n) is 19.5. The number of hydrogen-bond acceptors (Lipinski definition) is 2. The zero-order chi connectivity index (χ0) is 23.7. The minimum atomic E-state index is -0.591. The van der Waals surface area contributed by atoms with Crippen LogP contribution >= 0.6 is 23.2 Å². The molecule has 2 amide bonds. The molecule has 0 aromatic heterocycles. The molecule has 1 N–H and O–H groups in total. The van der Waals surface area contributed by atoms with Gasteiger partial charge in [-0.15, -0.1) is 0 Å². The number of halogens is 2. The number of carbonyl (C=O) groups excluding carboxylic acids is 2. The van der Waals surface area contributed by atoms with Gasteiger partial charge < -0.3 is 10.2 Å². The maximum atomic E-state index is 13.4. The Bertz CT molecular complexity index is 879. The Labute approximate surface area is 202 Å². The van der Waals surface area contributed by atoms with Crippen molar-refractivity contribution in [3.8, 4) is 0 Å². The molecule has 0 unspecified atom stereocenters. The van der Waals surface area contributed by atoms with Gasteiger partial charge >= 0.3 is 0 Å². The second-order valence-electron chi connectivity index (χ2n) is 8.13. The van der Waals surface area contributed by atoms with E-state index in [1.54, 1.807) is 23.1 Å². The number of amides is 2. The van der Waals surface area contributed by atoms with Gasteiger partial charge in [-0.05, 0) is 55.9 Å². The van der Waals surface area contributed by atoms with Crippen molar-refractivity contribution in [3.63, 3.8) is 0 Å². The number of hydrogen-bond donors (Lipinski definition) is 1. The fraction of sp³-hybridized carbons (Fsp3) is 0.462. The standard InChI is InChI=1S/C26H34Cl2N2O2/c1-5-18(4)29-26(32)24(7-3)30(17-21-22(27)9-8-10-23(21)28)25(31)16-15-20-13-11-19(6-2)12-14-20/h8-14,18,24H,5-7,15-17H2,1-4H3,(H,29,32)/t18-,24+/m0/s1. The third-order valence-electron chi connectivity index (χ3n) is 5.84. The van der Waals surface area contributed by atoms with Crippen LogP contribution in [0.3, 0.4) is 0 Å². The zero-order valence-corrected chi connectivity index (χ0v) is 21.0. The monoisotopic (exact) mass is 476 g/mol. The summed E-state index contributed by atoms with van der Waals surface area (Å²) in [7, 11) is 0. The van der Waals surface area contributed by atoms with Crippen molar-refractivity contribution in [1.82, 2.24) is 10.2 Å². The molecule has 0 saturated carbocycles. The average molecular weight is 477 g/mol. The first-order chi connectivity index (χ1) is 15.3. The highest BCUT2D eigenvalue weighted by molar-refractivity contribution is 6.36. The van der Waals surface area contributed by atoms with Gasteiger partial charge in [0, 0.05) is 34.6 Å². The molecule has 0 heterocycles. The molecule has 2 aromatic rings. The smallest absolute Gasteiger partial charge is 0.243 e. The first-order valence-corrected chi connectivity index (χ1v) is 12.2. The summed E-state index contributed by atoms with van der Waals surface area (Å²) in [5.74, 6) is -0.239. The minimum absolute atomic E-state index is 0.0366. The number of aryl methyl sites for hydroxylation is 2. The van der Waals surface area contributed by atoms with Crippen molar-refractivity contribution in [2.45, 2.75) is 78.4 Å². The molecule has 2 atom stereocenters. The minimum Gasteiger partial charge on any atom is -0.352 e. The molecule has 0 aliphatic rings. The molecule has 0 aliphatic carbocycles. The molecular weight excluding hydrogens is 443 g/mol. The highest BCUT2D eigenvalue weighted by atomic mass is 35.5. The fourth-order valence-electron chi connectivity index (χ4n) is 3.55. The molecule has 0 spiro atoms. The van der Waals surface area contributed by atoms with E-state index in [9.17, 15) is 9.59 Å². The van der Waals surface area contributed by atoms with Crippen molar-refractivity contribution in [3.05, 3.63) is 69.2 Å². The number of nitrogens with zero attached hydrogens (tertiary/aromatic N) is 1. The van der Waals surface area contributed by atoms with Crippen LogP contribution in [0.1, 0.15) is 63.6 Å². The molecule has 2 aromatic carbocycles. The molecule has 0 fully saturated rings. The van der Waals surface area contributed by atoms with Gasteiger partial charge in [0.05, 0.1) is 0 Å². The van der Waals surface area contributed by atoms with Gasteiger partial charge in [-0.2, -0.15) is 0 Å². The summed E-state index contributed by atoms with van der Waals surface area (Å²) < 4.78 is 0. The molecular formula is C26H34Cl2N2O2. The highest BCUT2D eigenvalue weighted by Gasteiger charge is 2.30. The summed E-state index contributed by atoms with van der Waals surface area (Å²) >= 11 is 12.8. The Morgan fingerprint density at radius 3 is 2.06 bits per heavy atom. The third-order valence-corrected chi connectivity index (χ3v) is 6.54. The lowest BCUT2D eigenvalue weighted by Crippen LogP contribution is -2.50. The van der Waals surface area contributed by atoms with E-state index in [1.807, 2.05) is 20.8 Å². The first kappa shape index (κ1) is 26.2. The lowest BCUT2D eigenvalue weighted by atomic mass is 10.0. The second-order valence-corrected chi connectivity index (χ2v) is 8.95. The Morgan fingerprint density at radius 1 is 0.938 bits per heavy atom. The van der Waals surface area contributed by atoms with Crippen molar-refractivity contribution in [2.24, 2.45) is 0 Å². The quantitative estimate of drug-likeness (QED) is 0.418. The van der Waals surface area contributed by atoms with Crippen LogP contribution in [-0.2, 0) is 29.0 Å². The molecule has 2 rings (SSSR count).